The van der Waals surface area contributed by atoms with Gasteiger partial charge in [-0.2, -0.15) is 0 Å². The minimum atomic E-state index is -1.47. The summed E-state index contributed by atoms with van der Waals surface area (Å²) < 4.78 is 0. The average molecular weight is 413 g/mol. The summed E-state index contributed by atoms with van der Waals surface area (Å²) in [5, 5.41) is 24.6. The number of primary amides is 1. The molecule has 4 amide bonds. The van der Waals surface area contributed by atoms with Crippen molar-refractivity contribution in [3.05, 3.63) is 18.2 Å². The van der Waals surface area contributed by atoms with Gasteiger partial charge in [0.05, 0.1) is 25.9 Å². The Morgan fingerprint density at radius 3 is 2.34 bits per heavy atom. The molecular formula is C15H23N7O7. The summed E-state index contributed by atoms with van der Waals surface area (Å²) in [4.78, 5) is 64.8. The average Bonchev–Trinajstić information content (AvgIpc) is 3.16. The lowest BCUT2D eigenvalue weighted by Crippen LogP contribution is -2.55. The highest BCUT2D eigenvalue weighted by Crippen LogP contribution is 2.01. The fourth-order valence-corrected chi connectivity index (χ4v) is 2.13. The number of carbonyl (C=O) groups is 5. The van der Waals surface area contributed by atoms with E-state index in [9.17, 15) is 29.1 Å². The molecule has 1 aromatic heterocycles. The van der Waals surface area contributed by atoms with Crippen molar-refractivity contribution >= 4 is 29.6 Å². The Kier molecular flexibility index (Phi) is 9.21. The number of carbonyl (C=O) groups excluding carboxylic acids is 4. The summed E-state index contributed by atoms with van der Waals surface area (Å²) in [5.41, 5.74) is 10.8. The fraction of sp³-hybridized carbons (Fsp3) is 0.467. The Balaban J connectivity index is 2.72. The molecule has 0 saturated heterocycles. The molecule has 0 aliphatic heterocycles. The van der Waals surface area contributed by atoms with Crippen molar-refractivity contribution in [3.63, 3.8) is 0 Å². The predicted octanol–water partition coefficient (Wildman–Crippen LogP) is -4.68. The highest BCUT2D eigenvalue weighted by Gasteiger charge is 2.28. The van der Waals surface area contributed by atoms with Gasteiger partial charge in [0.1, 0.15) is 18.1 Å². The normalized spacial score (nSPS) is 13.6. The van der Waals surface area contributed by atoms with Crippen LogP contribution in [0.5, 0.6) is 0 Å². The number of amides is 4. The third kappa shape index (κ3) is 8.35. The van der Waals surface area contributed by atoms with Crippen LogP contribution in [0.2, 0.25) is 0 Å². The number of hydrogen-bond acceptors (Lipinski definition) is 8. The van der Waals surface area contributed by atoms with Gasteiger partial charge in [-0.15, -0.1) is 0 Å². The maximum Gasteiger partial charge on any atom is 0.326 e. The Hall–Kier alpha value is -3.52. The van der Waals surface area contributed by atoms with Gasteiger partial charge >= 0.3 is 5.97 Å². The van der Waals surface area contributed by atoms with E-state index in [1.54, 1.807) is 0 Å². The van der Waals surface area contributed by atoms with Gasteiger partial charge in [0.25, 0.3) is 0 Å². The van der Waals surface area contributed by atoms with Crippen molar-refractivity contribution in [3.8, 4) is 0 Å². The lowest BCUT2D eigenvalue weighted by atomic mass is 10.1. The smallest absolute Gasteiger partial charge is 0.326 e. The van der Waals surface area contributed by atoms with Crippen molar-refractivity contribution in [2.75, 3.05) is 13.2 Å². The number of rotatable bonds is 12. The molecule has 29 heavy (non-hydrogen) atoms. The van der Waals surface area contributed by atoms with Crippen LogP contribution in [-0.4, -0.2) is 81.1 Å². The Morgan fingerprint density at radius 2 is 1.83 bits per heavy atom. The van der Waals surface area contributed by atoms with Crippen molar-refractivity contribution in [1.29, 1.82) is 0 Å². The SMILES string of the molecule is NC(=O)CC(NC(=O)CNC(=O)C(N)CO)C(=O)NC(Cc1cnc[nH]1)C(=O)O. The van der Waals surface area contributed by atoms with Gasteiger partial charge in [0, 0.05) is 18.3 Å². The van der Waals surface area contributed by atoms with Crippen LogP contribution in [0.25, 0.3) is 0 Å². The van der Waals surface area contributed by atoms with E-state index < -0.39 is 67.3 Å². The molecule has 0 bridgehead atoms. The molecule has 1 rings (SSSR count). The minimum absolute atomic E-state index is 0.118. The first kappa shape index (κ1) is 23.5. The standard InChI is InChI=1S/C15H23N7O7/c16-8(5-23)13(26)19-4-12(25)21-9(2-11(17)24)14(27)22-10(15(28)29)1-7-3-18-6-20-7/h3,6,8-10,23H,1-2,4-5,16H2,(H2,17,24)(H,18,20)(H,19,26)(H,21,25)(H,22,27)(H,28,29). The van der Waals surface area contributed by atoms with Gasteiger partial charge in [0.2, 0.25) is 23.6 Å². The Labute approximate surface area is 164 Å². The maximum atomic E-state index is 12.4. The Morgan fingerprint density at radius 1 is 1.14 bits per heavy atom. The number of aliphatic carboxylic acids is 1. The highest BCUT2D eigenvalue weighted by molar-refractivity contribution is 5.95. The van der Waals surface area contributed by atoms with E-state index >= 15 is 0 Å². The van der Waals surface area contributed by atoms with Crippen molar-refractivity contribution in [2.24, 2.45) is 11.5 Å². The van der Waals surface area contributed by atoms with Crippen LogP contribution in [0.1, 0.15) is 12.1 Å². The van der Waals surface area contributed by atoms with E-state index in [1.165, 1.54) is 12.5 Å². The van der Waals surface area contributed by atoms with E-state index in [2.05, 4.69) is 25.9 Å². The third-order valence-electron chi connectivity index (χ3n) is 3.61. The van der Waals surface area contributed by atoms with E-state index in [0.717, 1.165) is 0 Å². The van der Waals surface area contributed by atoms with Crippen LogP contribution < -0.4 is 27.4 Å². The molecule has 10 N–H and O–H groups in total. The molecule has 160 valence electrons. The van der Waals surface area contributed by atoms with Gasteiger partial charge in [-0.3, -0.25) is 19.2 Å². The molecule has 0 fully saturated rings. The Bertz CT molecular complexity index is 737. The maximum absolute atomic E-state index is 12.4. The topological polar surface area (TPSA) is 243 Å². The van der Waals surface area contributed by atoms with Crippen LogP contribution in [0, 0.1) is 0 Å². The van der Waals surface area contributed by atoms with Crippen molar-refractivity contribution in [1.82, 2.24) is 25.9 Å². The number of nitrogens with two attached hydrogens (primary N) is 2. The minimum Gasteiger partial charge on any atom is -0.480 e. The van der Waals surface area contributed by atoms with Crippen LogP contribution in [0.15, 0.2) is 12.5 Å². The second kappa shape index (κ2) is 11.4. The van der Waals surface area contributed by atoms with E-state index in [-0.39, 0.29) is 6.42 Å². The quantitative estimate of drug-likeness (QED) is 0.164. The zero-order valence-corrected chi connectivity index (χ0v) is 15.3. The lowest BCUT2D eigenvalue weighted by molar-refractivity contribution is -0.142. The zero-order chi connectivity index (χ0) is 22.0. The first-order valence-electron chi connectivity index (χ1n) is 8.36. The first-order valence-corrected chi connectivity index (χ1v) is 8.36. The molecule has 3 unspecified atom stereocenters. The number of aliphatic hydroxyl groups excluding tert-OH is 1. The summed E-state index contributed by atoms with van der Waals surface area (Å²) in [6, 6.07) is -4.06. The molecule has 0 saturated carbocycles. The molecule has 0 aromatic carbocycles. The van der Waals surface area contributed by atoms with Crippen molar-refractivity contribution in [2.45, 2.75) is 31.0 Å². The molecule has 0 aliphatic rings. The molecule has 0 spiro atoms. The van der Waals surface area contributed by atoms with Crippen LogP contribution in [0.4, 0.5) is 0 Å². The predicted molar refractivity (Wildman–Crippen MR) is 95.7 cm³/mol. The second-order valence-electron chi connectivity index (χ2n) is 5.98. The van der Waals surface area contributed by atoms with Crippen molar-refractivity contribution < 1.29 is 34.2 Å². The number of aromatic nitrogens is 2. The van der Waals surface area contributed by atoms with Gasteiger partial charge in [-0.1, -0.05) is 0 Å². The highest BCUT2D eigenvalue weighted by atomic mass is 16.4. The van der Waals surface area contributed by atoms with Gasteiger partial charge in [-0.25, -0.2) is 9.78 Å². The number of hydrogen-bond donors (Lipinski definition) is 8. The molecule has 14 heteroatoms. The summed E-state index contributed by atoms with van der Waals surface area (Å²) in [5.74, 6) is -4.88. The number of carboxylic acid groups (broad SMARTS) is 1. The molecule has 14 nitrogen and oxygen atoms in total. The van der Waals surface area contributed by atoms with E-state index in [1.807, 2.05) is 0 Å². The largest absolute Gasteiger partial charge is 0.480 e. The van der Waals surface area contributed by atoms with Gasteiger partial charge in [0.15, 0.2) is 0 Å². The van der Waals surface area contributed by atoms with Crippen LogP contribution in [-0.2, 0) is 30.4 Å². The number of nitrogens with one attached hydrogen (secondary N) is 4. The number of aliphatic hydroxyl groups is 1. The number of imidazole rings is 1. The number of aromatic amines is 1. The summed E-state index contributed by atoms with van der Waals surface area (Å²) in [6.07, 6.45) is 2.00. The third-order valence-corrected chi connectivity index (χ3v) is 3.61. The second-order valence-corrected chi connectivity index (χ2v) is 5.98. The van der Waals surface area contributed by atoms with Gasteiger partial charge < -0.3 is 42.6 Å². The molecule has 0 aliphatic carbocycles. The summed E-state index contributed by atoms with van der Waals surface area (Å²) in [6.45, 7) is -1.22. The summed E-state index contributed by atoms with van der Waals surface area (Å²) >= 11 is 0. The summed E-state index contributed by atoms with van der Waals surface area (Å²) in [7, 11) is 0. The fourth-order valence-electron chi connectivity index (χ4n) is 2.13. The van der Waals surface area contributed by atoms with Gasteiger partial charge in [-0.05, 0) is 0 Å². The first-order chi connectivity index (χ1) is 13.6. The van der Waals surface area contributed by atoms with Crippen LogP contribution >= 0.6 is 0 Å². The molecular weight excluding hydrogens is 390 g/mol. The molecule has 1 heterocycles. The zero-order valence-electron chi connectivity index (χ0n) is 15.3. The monoisotopic (exact) mass is 413 g/mol. The van der Waals surface area contributed by atoms with E-state index in [4.69, 9.17) is 16.6 Å². The number of H-pyrrole nitrogens is 1. The van der Waals surface area contributed by atoms with E-state index in [0.29, 0.717) is 5.69 Å². The number of nitrogens with zero attached hydrogens (tertiary/aromatic N) is 1. The molecule has 1 aromatic rings. The number of carboxylic acids is 1. The molecule has 0 radical (unpaired) electrons. The lowest BCUT2D eigenvalue weighted by Gasteiger charge is -2.20. The van der Waals surface area contributed by atoms with Crippen LogP contribution in [0.3, 0.4) is 0 Å². The molecule has 3 atom stereocenters.